The van der Waals surface area contributed by atoms with Crippen LogP contribution >= 0.6 is 39.1 Å². The lowest BCUT2D eigenvalue weighted by molar-refractivity contribution is 0.768. The first kappa shape index (κ1) is 14.5. The van der Waals surface area contributed by atoms with Gasteiger partial charge in [-0.05, 0) is 17.7 Å². The molecule has 0 amide bonds. The second-order valence-electron chi connectivity index (χ2n) is 4.41. The van der Waals surface area contributed by atoms with Crippen molar-refractivity contribution in [3.8, 4) is 22.5 Å². The van der Waals surface area contributed by atoms with E-state index in [0.29, 0.717) is 21.7 Å². The van der Waals surface area contributed by atoms with E-state index in [1.165, 1.54) is 0 Å². The van der Waals surface area contributed by atoms with Crippen LogP contribution in [-0.4, -0.2) is 19.7 Å². The second kappa shape index (κ2) is 5.75. The Hall–Kier alpha value is -1.43. The minimum absolute atomic E-state index is 0.316. The molecule has 0 radical (unpaired) electrons. The molecule has 0 saturated carbocycles. The van der Waals surface area contributed by atoms with Gasteiger partial charge in [-0.25, -0.2) is 9.97 Å². The maximum Gasteiger partial charge on any atom is 0.165 e. The van der Waals surface area contributed by atoms with Crippen molar-refractivity contribution < 1.29 is 0 Å². The summed E-state index contributed by atoms with van der Waals surface area (Å²) in [5.74, 6) is 0.457. The van der Waals surface area contributed by atoms with E-state index >= 15 is 0 Å². The van der Waals surface area contributed by atoms with Gasteiger partial charge in [0.15, 0.2) is 5.82 Å². The summed E-state index contributed by atoms with van der Waals surface area (Å²) in [4.78, 5) is 8.64. The highest BCUT2D eigenvalue weighted by Gasteiger charge is 2.15. The number of hydrogen-bond acceptors (Lipinski definition) is 3. The van der Waals surface area contributed by atoms with E-state index in [-0.39, 0.29) is 0 Å². The molecule has 0 aliphatic rings. The predicted molar refractivity (Wildman–Crippen MR) is 87.4 cm³/mol. The van der Waals surface area contributed by atoms with Gasteiger partial charge in [0.1, 0.15) is 10.3 Å². The van der Waals surface area contributed by atoms with Crippen LogP contribution in [0.5, 0.6) is 0 Å². The van der Waals surface area contributed by atoms with Crippen molar-refractivity contribution in [2.24, 2.45) is 7.05 Å². The highest BCUT2D eigenvalue weighted by molar-refractivity contribution is 9.10. The van der Waals surface area contributed by atoms with Gasteiger partial charge in [0, 0.05) is 17.7 Å². The number of benzene rings is 1. The summed E-state index contributed by atoms with van der Waals surface area (Å²) in [5.41, 5.74) is 2.26. The molecule has 21 heavy (non-hydrogen) atoms. The maximum atomic E-state index is 6.29. The number of hydrogen-bond donors (Lipinski definition) is 0. The molecule has 2 heterocycles. The van der Waals surface area contributed by atoms with Crippen LogP contribution in [0.3, 0.4) is 0 Å². The summed E-state index contributed by atoms with van der Waals surface area (Å²) in [6.07, 6.45) is 3.47. The standard InChI is InChI=1S/C14H9BrCl2N4/c1-21-7-9(6-18-21)14-19-12(16)11(13(17)20-14)8-2-4-10(15)5-3-8/h2-7H,1H3. The van der Waals surface area contributed by atoms with Gasteiger partial charge in [-0.1, -0.05) is 51.3 Å². The summed E-state index contributed by atoms with van der Waals surface area (Å²) in [5, 5.41) is 4.72. The molecular formula is C14H9BrCl2N4. The summed E-state index contributed by atoms with van der Waals surface area (Å²) in [6.45, 7) is 0. The Kier molecular flexibility index (Phi) is 3.97. The monoisotopic (exact) mass is 382 g/mol. The first-order valence-corrected chi connectivity index (χ1v) is 7.57. The average molecular weight is 384 g/mol. The fourth-order valence-corrected chi connectivity index (χ4v) is 2.80. The van der Waals surface area contributed by atoms with Gasteiger partial charge >= 0.3 is 0 Å². The molecule has 0 aliphatic heterocycles. The Labute approximate surface area is 139 Å². The number of halogens is 3. The van der Waals surface area contributed by atoms with Gasteiger partial charge in [-0.2, -0.15) is 5.10 Å². The van der Waals surface area contributed by atoms with E-state index in [9.17, 15) is 0 Å². The minimum atomic E-state index is 0.316. The summed E-state index contributed by atoms with van der Waals surface area (Å²) >= 11 is 16.0. The topological polar surface area (TPSA) is 43.6 Å². The fourth-order valence-electron chi connectivity index (χ4n) is 1.93. The van der Waals surface area contributed by atoms with Crippen molar-refractivity contribution >= 4 is 39.1 Å². The van der Waals surface area contributed by atoms with Crippen LogP contribution in [0, 0.1) is 0 Å². The molecule has 0 unspecified atom stereocenters. The molecule has 106 valence electrons. The molecule has 0 saturated heterocycles. The Morgan fingerprint density at radius 3 is 2.14 bits per heavy atom. The first-order valence-electron chi connectivity index (χ1n) is 6.02. The van der Waals surface area contributed by atoms with Crippen molar-refractivity contribution in [2.45, 2.75) is 0 Å². The maximum absolute atomic E-state index is 6.29. The van der Waals surface area contributed by atoms with Crippen LogP contribution in [0.15, 0.2) is 41.1 Å². The minimum Gasteiger partial charge on any atom is -0.275 e. The molecule has 2 aromatic heterocycles. The molecule has 0 spiro atoms. The summed E-state index contributed by atoms with van der Waals surface area (Å²) < 4.78 is 2.65. The van der Waals surface area contributed by atoms with E-state index < -0.39 is 0 Å². The smallest absolute Gasteiger partial charge is 0.165 e. The van der Waals surface area contributed by atoms with Gasteiger partial charge in [-0.15, -0.1) is 0 Å². The first-order chi connectivity index (χ1) is 10.0. The van der Waals surface area contributed by atoms with Crippen LogP contribution in [0.2, 0.25) is 10.3 Å². The molecule has 1 aromatic carbocycles. The zero-order chi connectivity index (χ0) is 15.0. The highest BCUT2D eigenvalue weighted by atomic mass is 79.9. The van der Waals surface area contributed by atoms with E-state index in [2.05, 4.69) is 31.0 Å². The Morgan fingerprint density at radius 2 is 1.62 bits per heavy atom. The lowest BCUT2D eigenvalue weighted by atomic mass is 10.1. The molecule has 7 heteroatoms. The summed E-state index contributed by atoms with van der Waals surface area (Å²) in [7, 11) is 1.82. The van der Waals surface area contributed by atoms with Crippen molar-refractivity contribution in [1.82, 2.24) is 19.7 Å². The van der Waals surface area contributed by atoms with Crippen LogP contribution in [0.4, 0.5) is 0 Å². The van der Waals surface area contributed by atoms with Gasteiger partial charge in [0.05, 0.1) is 17.3 Å². The number of nitrogens with zero attached hydrogens (tertiary/aromatic N) is 4. The van der Waals surface area contributed by atoms with Crippen LogP contribution in [-0.2, 0) is 7.05 Å². The third kappa shape index (κ3) is 2.95. The molecule has 4 nitrogen and oxygen atoms in total. The molecule has 3 rings (SSSR count). The quantitative estimate of drug-likeness (QED) is 0.606. The zero-order valence-electron chi connectivity index (χ0n) is 10.9. The lowest BCUT2D eigenvalue weighted by Gasteiger charge is -2.08. The SMILES string of the molecule is Cn1cc(-c2nc(Cl)c(-c3ccc(Br)cc3)c(Cl)n2)cn1. The van der Waals surface area contributed by atoms with Crippen molar-refractivity contribution in [2.75, 3.05) is 0 Å². The third-order valence-corrected chi connectivity index (χ3v) is 3.99. The lowest BCUT2D eigenvalue weighted by Crippen LogP contribution is -1.94. The van der Waals surface area contributed by atoms with E-state index in [0.717, 1.165) is 15.6 Å². The van der Waals surface area contributed by atoms with Gasteiger partial charge in [0.2, 0.25) is 0 Å². The second-order valence-corrected chi connectivity index (χ2v) is 6.05. The molecule has 0 aliphatic carbocycles. The zero-order valence-corrected chi connectivity index (χ0v) is 14.0. The molecule has 0 N–H and O–H groups in total. The van der Waals surface area contributed by atoms with Crippen LogP contribution in [0.25, 0.3) is 22.5 Å². The van der Waals surface area contributed by atoms with E-state index in [4.69, 9.17) is 23.2 Å². The van der Waals surface area contributed by atoms with E-state index in [1.807, 2.05) is 31.3 Å². The third-order valence-electron chi connectivity index (χ3n) is 2.92. The number of aryl methyl sites for hydroxylation is 1. The van der Waals surface area contributed by atoms with Crippen molar-refractivity contribution in [3.63, 3.8) is 0 Å². The van der Waals surface area contributed by atoms with Crippen LogP contribution < -0.4 is 0 Å². The number of rotatable bonds is 2. The molecule has 0 atom stereocenters. The van der Waals surface area contributed by atoms with Crippen molar-refractivity contribution in [3.05, 3.63) is 51.4 Å². The van der Waals surface area contributed by atoms with E-state index in [1.54, 1.807) is 17.1 Å². The van der Waals surface area contributed by atoms with Gasteiger partial charge < -0.3 is 0 Å². The Morgan fingerprint density at radius 1 is 1.00 bits per heavy atom. The molecule has 0 fully saturated rings. The molecule has 0 bridgehead atoms. The highest BCUT2D eigenvalue weighted by Crippen LogP contribution is 2.34. The molecule has 3 aromatic rings. The largest absolute Gasteiger partial charge is 0.275 e. The number of aromatic nitrogens is 4. The van der Waals surface area contributed by atoms with Crippen molar-refractivity contribution in [1.29, 1.82) is 0 Å². The fraction of sp³-hybridized carbons (Fsp3) is 0.0714. The predicted octanol–water partition coefficient (Wildman–Crippen LogP) is 4.61. The molecular weight excluding hydrogens is 375 g/mol. The normalized spacial score (nSPS) is 10.9. The van der Waals surface area contributed by atoms with Crippen LogP contribution in [0.1, 0.15) is 0 Å². The average Bonchev–Trinajstić information content (AvgIpc) is 2.87. The Bertz CT molecular complexity index is 776. The Balaban J connectivity index is 2.10. The summed E-state index contributed by atoms with van der Waals surface area (Å²) in [6, 6.07) is 7.64. The van der Waals surface area contributed by atoms with Gasteiger partial charge in [0.25, 0.3) is 0 Å². The van der Waals surface area contributed by atoms with Gasteiger partial charge in [-0.3, -0.25) is 4.68 Å².